The van der Waals surface area contributed by atoms with Crippen molar-refractivity contribution in [3.05, 3.63) is 164 Å². The van der Waals surface area contributed by atoms with Gasteiger partial charge in [0.15, 0.2) is 17.1 Å². The summed E-state index contributed by atoms with van der Waals surface area (Å²) in [6, 6.07) is 28.5. The van der Waals surface area contributed by atoms with Gasteiger partial charge in [-0.2, -0.15) is 10.5 Å². The number of amides is 5. The van der Waals surface area contributed by atoms with E-state index >= 15 is 0 Å². The van der Waals surface area contributed by atoms with E-state index in [1.807, 2.05) is 88.8 Å². The van der Waals surface area contributed by atoms with Gasteiger partial charge in [-0.05, 0) is 185 Å². The molecule has 10 heterocycles. The average Bonchev–Trinajstić information content (AvgIpc) is 1.01. The molecular weight excluding hydrogens is 1760 g/mol. The predicted molar refractivity (Wildman–Crippen MR) is 483 cm³/mol. The first kappa shape index (κ1) is 98.5. The Labute approximate surface area is 778 Å². The molecule has 0 radical (unpaired) electrons. The van der Waals surface area contributed by atoms with E-state index in [1.165, 1.54) is 0 Å². The summed E-state index contributed by atoms with van der Waals surface area (Å²) in [6.45, 7) is 48.3. The standard InChI is InChI=1S/C56H67N6O13P.C40H50ClN4O10P/c1-54(2)51(48(60-21-9-12-45(60)63)39-32-36(35-57)15-18-42(39)72-54)68-28-24-66-26-30-70-76(75-53-50(62-23-11-14-47(62)65)41-34-38(59-8)17-20-44(41)74-56(53,5)6)71-31-27-67-25-29-69-52-49(61-22-10-13-46(61)64)40-33-37(58-7)16-19-43(40)73-55(52,3)4;1-39(2)37(35(44-14-6-8-33(44)46)29-24-27(26-42)10-12-31(29)54-39)50-20-16-48-18-22-52-56(41)53-23-19-49-17-21-51-38-36(45-15-7-9-34(45)47)30-25-28(43-5)11-13-32(30)55-40(38,3)4/h15-20,32-34,48-53H,9-14,21-31H2,1-6H3;10-13,24-25,35-38H,6-9,14-23H2,1-4H3/t48-,49-,50-,51+,52+,53+,76?;35-,36-,37+,38+,56?/m11/s1. The molecule has 33 nitrogen and oxygen atoms in total. The quantitative estimate of drug-likeness (QED) is 0.0200. The van der Waals surface area contributed by atoms with Crippen molar-refractivity contribution >= 4 is 74.2 Å². The third-order valence-corrected chi connectivity index (χ3v) is 27.7. The van der Waals surface area contributed by atoms with Crippen LogP contribution in [-0.4, -0.2) is 251 Å². The highest BCUT2D eigenvalue weighted by atomic mass is 35.7. The van der Waals surface area contributed by atoms with Crippen LogP contribution in [0.2, 0.25) is 0 Å². The SMILES string of the molecule is [C-]#[N+]c1ccc2c(c1)[C@@H](N1CCCC1=O)[C@H](OCCOCCOP(Cl)OCCOCCO[C@H]1[C@H](N3CCCC3=O)c3cc(C#N)ccc3OC1(C)C)C(C)(C)O2.[C-]#[N+]c1ccc2c(c1)[C@@H](N1CCCC1=O)[C@H](OCCOCCOP(OCCOCCO[C@H]1[C@H](N3CCCC3=O)c3cc(C#N)ccc3OC1(C)C)O[C@H]1[C@H](N3CCCC3=O)c3cc([N+]#[C-])ccc3OC1(C)C)C(C)(C)O2. The van der Waals surface area contributed by atoms with Gasteiger partial charge in [-0.15, -0.1) is 0 Å². The second-order valence-electron chi connectivity index (χ2n) is 36.3. The van der Waals surface area contributed by atoms with Gasteiger partial charge in [-0.25, -0.2) is 14.5 Å². The molecule has 0 spiro atoms. The summed E-state index contributed by atoms with van der Waals surface area (Å²) in [4.78, 5) is 85.7. The zero-order valence-corrected chi connectivity index (χ0v) is 79.0. The lowest BCUT2D eigenvalue weighted by Gasteiger charge is -2.47. The summed E-state index contributed by atoms with van der Waals surface area (Å²) in [5, 5.41) is 19.2. The number of benzene rings is 5. The van der Waals surface area contributed by atoms with Gasteiger partial charge >= 0.3 is 8.60 Å². The van der Waals surface area contributed by atoms with Crippen LogP contribution in [0, 0.1) is 42.4 Å². The van der Waals surface area contributed by atoms with Gasteiger partial charge in [0.25, 0.3) is 7.73 Å². The summed E-state index contributed by atoms with van der Waals surface area (Å²) in [6.07, 6.45) is 3.12. The lowest BCUT2D eigenvalue weighted by Crippen LogP contribution is -2.55. The Balaban J connectivity index is 0.000000223. The number of carbonyl (C=O) groups is 5. The number of rotatable bonds is 39. The maximum absolute atomic E-state index is 13.5. The smallest absolute Gasteiger partial charge is 0.333 e. The van der Waals surface area contributed by atoms with E-state index in [1.54, 1.807) is 95.9 Å². The van der Waals surface area contributed by atoms with E-state index < -0.39 is 93.0 Å². The van der Waals surface area contributed by atoms with Gasteiger partial charge in [0.05, 0.1) is 179 Å². The molecule has 0 bridgehead atoms. The lowest BCUT2D eigenvalue weighted by molar-refractivity contribution is -0.152. The summed E-state index contributed by atoms with van der Waals surface area (Å²) in [5.74, 6) is 3.29. The van der Waals surface area contributed by atoms with Crippen molar-refractivity contribution in [2.45, 2.75) is 222 Å². The first-order chi connectivity index (χ1) is 63.5. The van der Waals surface area contributed by atoms with Crippen molar-refractivity contribution in [2.24, 2.45) is 0 Å². The number of carbonyl (C=O) groups excluding carboxylic acids is 5. The zero-order chi connectivity index (χ0) is 93.7. The molecule has 706 valence electrons. The zero-order valence-electron chi connectivity index (χ0n) is 76.5. The largest absolute Gasteiger partial charge is 0.485 e. The Hall–Kier alpha value is -9.47. The molecule has 2 unspecified atom stereocenters. The van der Waals surface area contributed by atoms with Crippen LogP contribution in [0.5, 0.6) is 28.7 Å². The van der Waals surface area contributed by atoms with E-state index in [9.17, 15) is 34.5 Å². The minimum Gasteiger partial charge on any atom is -0.485 e. The molecule has 5 saturated heterocycles. The first-order valence-electron chi connectivity index (χ1n) is 45.2. The van der Waals surface area contributed by atoms with Crippen LogP contribution in [0.3, 0.4) is 0 Å². The van der Waals surface area contributed by atoms with Crippen LogP contribution in [0.25, 0.3) is 14.5 Å². The fourth-order valence-electron chi connectivity index (χ4n) is 19.2. The Kier molecular flexibility index (Phi) is 32.8. The number of nitriles is 2. The summed E-state index contributed by atoms with van der Waals surface area (Å²) in [5.41, 5.74) is 1.95. The average molecular weight is 1880 g/mol. The van der Waals surface area contributed by atoms with Crippen LogP contribution in [0.4, 0.5) is 17.1 Å². The molecule has 5 fully saturated rings. The van der Waals surface area contributed by atoms with E-state index in [4.69, 9.17) is 115 Å². The normalized spacial score (nSPS) is 24.8. The van der Waals surface area contributed by atoms with Gasteiger partial charge in [0, 0.05) is 92.6 Å². The van der Waals surface area contributed by atoms with Gasteiger partial charge in [0.1, 0.15) is 87.3 Å². The van der Waals surface area contributed by atoms with Gasteiger partial charge in [-0.3, -0.25) is 24.0 Å². The third kappa shape index (κ3) is 22.8. The third-order valence-electron chi connectivity index (χ3n) is 25.2. The number of halogens is 1. The number of fused-ring (bicyclic) bond motifs is 5. The molecule has 10 aliphatic heterocycles. The first-order valence-corrected chi connectivity index (χ1v) is 48.4. The molecule has 36 heteroatoms. The summed E-state index contributed by atoms with van der Waals surface area (Å²) >= 11 is 6.26. The minimum atomic E-state index is -2.14. The second kappa shape index (κ2) is 43.9. The number of ether oxygens (including phenoxy) is 13. The molecule has 0 saturated carbocycles. The number of nitrogens with zero attached hydrogens (tertiary/aromatic N) is 10. The molecule has 5 aromatic rings. The monoisotopic (exact) mass is 1870 g/mol. The Morgan fingerprint density at radius 2 is 0.583 bits per heavy atom. The van der Waals surface area contributed by atoms with Crippen molar-refractivity contribution in [3.63, 3.8) is 0 Å². The van der Waals surface area contributed by atoms with Crippen molar-refractivity contribution in [3.8, 4) is 40.9 Å². The molecule has 5 amide bonds. The highest BCUT2D eigenvalue weighted by Gasteiger charge is 2.56. The van der Waals surface area contributed by atoms with Crippen LogP contribution >= 0.6 is 27.6 Å². The fraction of sp³-hybridized carbons (Fsp3) is 0.583. The van der Waals surface area contributed by atoms with Gasteiger partial charge < -0.3 is 109 Å². The summed E-state index contributed by atoms with van der Waals surface area (Å²) in [7, 11) is -3.80. The van der Waals surface area contributed by atoms with Crippen LogP contribution < -0.4 is 23.7 Å². The van der Waals surface area contributed by atoms with Crippen molar-refractivity contribution in [2.75, 3.05) is 138 Å². The topological polar surface area (TPSA) is 328 Å². The predicted octanol–water partition coefficient (Wildman–Crippen LogP) is 15.8. The molecule has 0 aliphatic carbocycles. The van der Waals surface area contributed by atoms with Crippen molar-refractivity contribution in [1.29, 1.82) is 10.5 Å². The number of hydrogen-bond acceptors (Lipinski definition) is 25. The van der Waals surface area contributed by atoms with Crippen molar-refractivity contribution in [1.82, 2.24) is 24.5 Å². The molecule has 0 N–H and O–H groups in total. The molecule has 12 atom stereocenters. The number of hydrogen-bond donors (Lipinski definition) is 0. The molecule has 0 aromatic heterocycles. The van der Waals surface area contributed by atoms with E-state index in [2.05, 4.69) is 26.7 Å². The Morgan fingerprint density at radius 3 is 0.833 bits per heavy atom. The maximum Gasteiger partial charge on any atom is 0.333 e. The van der Waals surface area contributed by atoms with Crippen LogP contribution in [0.15, 0.2) is 91.0 Å². The van der Waals surface area contributed by atoms with Crippen LogP contribution in [-0.2, 0) is 84.5 Å². The minimum absolute atomic E-state index is 0.0237. The highest BCUT2D eigenvalue weighted by molar-refractivity contribution is 7.76. The molecule has 15 rings (SSSR count). The van der Waals surface area contributed by atoms with Crippen LogP contribution in [0.1, 0.15) is 203 Å². The highest BCUT2D eigenvalue weighted by Crippen LogP contribution is 2.56. The lowest BCUT2D eigenvalue weighted by atomic mass is 9.84. The second-order valence-corrected chi connectivity index (χ2v) is 39.3. The maximum atomic E-state index is 13.5. The molecular formula is C96H117ClN10O23P2. The van der Waals surface area contributed by atoms with Gasteiger partial charge in [-0.1, -0.05) is 18.2 Å². The molecule has 132 heavy (non-hydrogen) atoms. The van der Waals surface area contributed by atoms with E-state index in [0.29, 0.717) is 134 Å². The van der Waals surface area contributed by atoms with Crippen molar-refractivity contribution < 1.29 is 108 Å². The summed E-state index contributed by atoms with van der Waals surface area (Å²) < 4.78 is 112. The molecule has 5 aromatic carbocycles. The fourth-order valence-corrected chi connectivity index (χ4v) is 21.3. The molecule has 10 aliphatic rings. The van der Waals surface area contributed by atoms with Gasteiger partial charge in [0.2, 0.25) is 29.5 Å². The number of likely N-dealkylation sites (tertiary alicyclic amines) is 5. The van der Waals surface area contributed by atoms with E-state index in [0.717, 1.165) is 47.9 Å². The Bertz CT molecular complexity index is 4930. The van der Waals surface area contributed by atoms with E-state index in [-0.39, 0.29) is 147 Å². The Morgan fingerprint density at radius 1 is 0.348 bits per heavy atom.